The van der Waals surface area contributed by atoms with Crippen LogP contribution in [0.3, 0.4) is 0 Å². The second-order valence-electron chi connectivity index (χ2n) is 13.0. The SMILES string of the molecule is C[Si](C)(C)c1ccc(-c2[c-]cccc2)nc1.[2H]C(C)(C)c1ccnc(-c2[c-]ccc3c2sc2cc4cc(C([2H])(C)C)ccc4cc23)c1.[Ir]. The summed E-state index contributed by atoms with van der Waals surface area (Å²) in [4.78, 5) is 9.13. The van der Waals surface area contributed by atoms with Gasteiger partial charge in [-0.15, -0.1) is 59.7 Å². The number of pyridine rings is 2. The van der Waals surface area contributed by atoms with Crippen LogP contribution in [0.1, 0.15) is 53.4 Å². The molecular formula is C41H40IrN2SSi-2. The standard InChI is InChI=1S/C27H24NS.C14H16NSi.Ir/c1-16(2)18-8-9-20-13-24-22-6-5-7-23(25-14-19(17(3)4)10-11-28-25)27(22)29-26(24)15-21(20)12-18;1-16(2,3)13-9-10-14(15-11-13)12-7-5-4-6-8-12;/h5-6,8-17H,1-4H3;4-7,9-11H,1-3H3;/q2*-1;/i16D,17D;;. The van der Waals surface area contributed by atoms with Crippen molar-refractivity contribution in [2.45, 2.75) is 59.1 Å². The van der Waals surface area contributed by atoms with Gasteiger partial charge >= 0.3 is 0 Å². The maximum atomic E-state index is 8.38. The summed E-state index contributed by atoms with van der Waals surface area (Å²) < 4.78 is 19.1. The van der Waals surface area contributed by atoms with Gasteiger partial charge in [0.25, 0.3) is 0 Å². The molecule has 235 valence electrons. The third-order valence-electron chi connectivity index (χ3n) is 8.18. The van der Waals surface area contributed by atoms with Gasteiger partial charge in [-0.2, -0.15) is 11.3 Å². The second kappa shape index (κ2) is 14.1. The Kier molecular flexibility index (Phi) is 9.55. The van der Waals surface area contributed by atoms with Crippen LogP contribution in [0.2, 0.25) is 19.6 Å². The first-order chi connectivity index (χ1) is 22.2. The van der Waals surface area contributed by atoms with Crippen LogP contribution in [0.15, 0.2) is 103 Å². The Morgan fingerprint density at radius 2 is 1.50 bits per heavy atom. The topological polar surface area (TPSA) is 25.8 Å². The number of hydrogen-bond acceptors (Lipinski definition) is 3. The van der Waals surface area contributed by atoms with Crippen molar-refractivity contribution in [1.82, 2.24) is 9.97 Å². The largest absolute Gasteiger partial charge is 0.305 e. The average molecular weight is 815 g/mol. The fourth-order valence-electron chi connectivity index (χ4n) is 5.41. The van der Waals surface area contributed by atoms with Gasteiger partial charge in [0, 0.05) is 39.9 Å². The molecule has 0 fully saturated rings. The minimum absolute atomic E-state index is 0. The van der Waals surface area contributed by atoms with E-state index in [1.54, 1.807) is 17.5 Å². The van der Waals surface area contributed by atoms with E-state index in [1.165, 1.54) is 36.1 Å². The van der Waals surface area contributed by atoms with Crippen molar-refractivity contribution in [3.8, 4) is 22.5 Å². The third kappa shape index (κ3) is 7.24. The van der Waals surface area contributed by atoms with Crippen LogP contribution in [-0.4, -0.2) is 18.0 Å². The van der Waals surface area contributed by atoms with Crippen molar-refractivity contribution < 1.29 is 22.8 Å². The first kappa shape index (κ1) is 31.1. The molecule has 7 aromatic rings. The summed E-state index contributed by atoms with van der Waals surface area (Å²) in [7, 11) is -1.23. The fourth-order valence-corrected chi connectivity index (χ4v) is 7.69. The van der Waals surface area contributed by atoms with E-state index in [0.29, 0.717) is 0 Å². The predicted molar refractivity (Wildman–Crippen MR) is 199 cm³/mol. The summed E-state index contributed by atoms with van der Waals surface area (Å²) in [5, 5.41) is 6.19. The van der Waals surface area contributed by atoms with E-state index in [4.69, 9.17) is 2.74 Å². The number of nitrogens with zero attached hydrogens (tertiary/aromatic N) is 2. The maximum Gasteiger partial charge on any atom is 0.0795 e. The molecule has 0 unspecified atom stereocenters. The Morgan fingerprint density at radius 3 is 2.17 bits per heavy atom. The van der Waals surface area contributed by atoms with Crippen molar-refractivity contribution >= 4 is 55.5 Å². The molecule has 5 heteroatoms. The normalized spacial score (nSPS) is 12.7. The van der Waals surface area contributed by atoms with E-state index in [-0.39, 0.29) is 20.1 Å². The molecule has 0 amide bonds. The molecule has 46 heavy (non-hydrogen) atoms. The molecule has 2 nitrogen and oxygen atoms in total. The molecule has 0 aliphatic heterocycles. The van der Waals surface area contributed by atoms with Crippen LogP contribution in [0, 0.1) is 12.1 Å². The molecule has 3 heterocycles. The number of thiophene rings is 1. The molecule has 1 radical (unpaired) electrons. The smallest absolute Gasteiger partial charge is 0.0795 e. The van der Waals surface area contributed by atoms with E-state index in [9.17, 15) is 0 Å². The molecule has 3 aromatic heterocycles. The predicted octanol–water partition coefficient (Wildman–Crippen LogP) is 11.4. The van der Waals surface area contributed by atoms with Gasteiger partial charge in [0.05, 0.1) is 8.07 Å². The molecule has 0 aliphatic carbocycles. The van der Waals surface area contributed by atoms with Crippen LogP contribution in [-0.2, 0) is 20.1 Å². The van der Waals surface area contributed by atoms with Gasteiger partial charge in [-0.25, -0.2) is 0 Å². The second-order valence-corrected chi connectivity index (χ2v) is 19.1. The number of hydrogen-bond donors (Lipinski definition) is 0. The van der Waals surface area contributed by atoms with Gasteiger partial charge in [0.15, 0.2) is 0 Å². The molecule has 0 aliphatic rings. The minimum Gasteiger partial charge on any atom is -0.305 e. The summed E-state index contributed by atoms with van der Waals surface area (Å²) in [6.07, 6.45) is 3.81. The third-order valence-corrected chi connectivity index (χ3v) is 11.4. The van der Waals surface area contributed by atoms with Gasteiger partial charge < -0.3 is 9.97 Å². The van der Waals surface area contributed by atoms with Gasteiger partial charge in [-0.05, 0) is 73.0 Å². The van der Waals surface area contributed by atoms with Crippen LogP contribution < -0.4 is 5.19 Å². The Labute approximate surface area is 295 Å². The molecular weight excluding hydrogens is 773 g/mol. The van der Waals surface area contributed by atoms with Crippen molar-refractivity contribution in [1.29, 1.82) is 0 Å². The van der Waals surface area contributed by atoms with E-state index < -0.39 is 19.9 Å². The maximum absolute atomic E-state index is 8.38. The number of rotatable bonds is 5. The van der Waals surface area contributed by atoms with Gasteiger partial charge in [0.1, 0.15) is 0 Å². The van der Waals surface area contributed by atoms with E-state index in [2.05, 4.69) is 90.3 Å². The summed E-state index contributed by atoms with van der Waals surface area (Å²) in [5.74, 6) is -1.29. The molecule has 0 saturated carbocycles. The monoisotopic (exact) mass is 815 g/mol. The quantitative estimate of drug-likeness (QED) is 0.128. The van der Waals surface area contributed by atoms with Gasteiger partial charge in [0.2, 0.25) is 0 Å². The number of benzene rings is 4. The Balaban J connectivity index is 0.000000224. The zero-order valence-electron chi connectivity index (χ0n) is 29.5. The first-order valence-corrected chi connectivity index (χ1v) is 19.7. The summed E-state index contributed by atoms with van der Waals surface area (Å²) in [5.41, 5.74) is 5.88. The summed E-state index contributed by atoms with van der Waals surface area (Å²) >= 11 is 1.76. The number of fused-ring (bicyclic) bond motifs is 4. The Morgan fingerprint density at radius 1 is 0.717 bits per heavy atom. The molecule has 0 bridgehead atoms. The molecule has 0 N–H and O–H groups in total. The Bertz CT molecular complexity index is 2190. The van der Waals surface area contributed by atoms with Crippen LogP contribution >= 0.6 is 11.3 Å². The van der Waals surface area contributed by atoms with Gasteiger partial charge in [-0.1, -0.05) is 94.7 Å². The summed E-state index contributed by atoms with van der Waals surface area (Å²) in [6.45, 7) is 14.6. The van der Waals surface area contributed by atoms with E-state index in [1.807, 2.05) is 76.4 Å². The van der Waals surface area contributed by atoms with E-state index >= 15 is 0 Å². The minimum atomic E-state index is -1.23. The summed E-state index contributed by atoms with van der Waals surface area (Å²) in [6, 6.07) is 37.7. The molecule has 0 saturated heterocycles. The Hall–Kier alpha value is -3.47. The van der Waals surface area contributed by atoms with Crippen molar-refractivity contribution in [3.05, 3.63) is 127 Å². The van der Waals surface area contributed by atoms with Crippen LogP contribution in [0.5, 0.6) is 0 Å². The fraction of sp³-hybridized carbons (Fsp3) is 0.220. The molecule has 4 aromatic carbocycles. The van der Waals surface area contributed by atoms with Crippen LogP contribution in [0.25, 0.3) is 53.5 Å². The van der Waals surface area contributed by atoms with Crippen molar-refractivity contribution in [2.24, 2.45) is 0 Å². The molecule has 0 atom stereocenters. The van der Waals surface area contributed by atoms with Crippen molar-refractivity contribution in [2.75, 3.05) is 0 Å². The number of aromatic nitrogens is 2. The molecule has 7 rings (SSSR count). The average Bonchev–Trinajstić information content (AvgIpc) is 3.40. The van der Waals surface area contributed by atoms with Gasteiger partial charge in [-0.3, -0.25) is 0 Å². The van der Waals surface area contributed by atoms with Crippen LogP contribution in [0.4, 0.5) is 0 Å². The first-order valence-electron chi connectivity index (χ1n) is 16.4. The van der Waals surface area contributed by atoms with E-state index in [0.717, 1.165) is 33.6 Å². The zero-order chi connectivity index (χ0) is 33.6. The molecule has 0 spiro atoms. The zero-order valence-corrected chi connectivity index (χ0v) is 31.7. The van der Waals surface area contributed by atoms with Crippen molar-refractivity contribution in [3.63, 3.8) is 0 Å².